The van der Waals surface area contributed by atoms with Crippen LogP contribution in [0.15, 0.2) is 12.1 Å². The van der Waals surface area contributed by atoms with Gasteiger partial charge in [0, 0.05) is 6.07 Å². The molecule has 0 bridgehead atoms. The smallest absolute Gasteiger partial charge is 0.308 e. The monoisotopic (exact) mass is 267 g/mol. The van der Waals surface area contributed by atoms with Gasteiger partial charge in [0.25, 0.3) is 0 Å². The van der Waals surface area contributed by atoms with Crippen molar-refractivity contribution in [1.82, 2.24) is 0 Å². The number of rotatable bonds is 6. The van der Waals surface area contributed by atoms with Gasteiger partial charge in [-0.15, -0.1) is 0 Å². The fourth-order valence-corrected chi connectivity index (χ4v) is 1.80. The van der Waals surface area contributed by atoms with E-state index < -0.39 is 0 Å². The lowest BCUT2D eigenvalue weighted by molar-refractivity contribution is -0.141. The predicted molar refractivity (Wildman–Crippen MR) is 67.5 cm³/mol. The lowest BCUT2D eigenvalue weighted by Crippen LogP contribution is -2.10. The van der Waals surface area contributed by atoms with Gasteiger partial charge in [-0.05, 0) is 24.6 Å². The van der Waals surface area contributed by atoms with Crippen LogP contribution in [-0.2, 0) is 16.0 Å². The van der Waals surface area contributed by atoms with E-state index in [0.717, 1.165) is 5.56 Å². The van der Waals surface area contributed by atoms with Crippen LogP contribution in [0.2, 0.25) is 0 Å². The van der Waals surface area contributed by atoms with Crippen molar-refractivity contribution in [2.24, 2.45) is 5.73 Å². The van der Waals surface area contributed by atoms with Gasteiger partial charge in [0.1, 0.15) is 5.75 Å². The second-order valence-corrected chi connectivity index (χ2v) is 4.03. The number of nitrogens with two attached hydrogens (primary N) is 1. The van der Waals surface area contributed by atoms with Crippen molar-refractivity contribution >= 4 is 5.97 Å². The summed E-state index contributed by atoms with van der Waals surface area (Å²) in [6, 6.07) is 3.63. The average Bonchev–Trinajstić information content (AvgIpc) is 2.86. The van der Waals surface area contributed by atoms with Gasteiger partial charge in [0.05, 0.1) is 20.1 Å². The molecule has 0 saturated heterocycles. The Morgan fingerprint density at radius 2 is 2.11 bits per heavy atom. The van der Waals surface area contributed by atoms with Gasteiger partial charge in [-0.25, -0.2) is 0 Å². The van der Waals surface area contributed by atoms with Crippen molar-refractivity contribution in [3.63, 3.8) is 0 Å². The van der Waals surface area contributed by atoms with Crippen LogP contribution in [-0.4, -0.2) is 33.0 Å². The van der Waals surface area contributed by atoms with E-state index in [-0.39, 0.29) is 25.8 Å². The van der Waals surface area contributed by atoms with Crippen molar-refractivity contribution in [3.8, 4) is 17.2 Å². The van der Waals surface area contributed by atoms with Gasteiger partial charge in [0.2, 0.25) is 6.79 Å². The first kappa shape index (κ1) is 13.5. The summed E-state index contributed by atoms with van der Waals surface area (Å²) in [5, 5.41) is 0. The molecule has 1 aliphatic heterocycles. The van der Waals surface area contributed by atoms with Gasteiger partial charge in [-0.2, -0.15) is 0 Å². The number of esters is 1. The SMILES string of the molecule is COC(=O)CCOc1cc2c(cc1CCN)OCO2. The Bertz CT molecular complexity index is 461. The minimum atomic E-state index is -0.305. The van der Waals surface area contributed by atoms with Crippen LogP contribution >= 0.6 is 0 Å². The molecule has 6 nitrogen and oxygen atoms in total. The Morgan fingerprint density at radius 3 is 2.79 bits per heavy atom. The highest BCUT2D eigenvalue weighted by atomic mass is 16.7. The van der Waals surface area contributed by atoms with Crippen molar-refractivity contribution in [2.45, 2.75) is 12.8 Å². The summed E-state index contributed by atoms with van der Waals surface area (Å²) in [7, 11) is 1.35. The molecule has 0 saturated carbocycles. The van der Waals surface area contributed by atoms with E-state index in [1.807, 2.05) is 6.07 Å². The molecule has 2 N–H and O–H groups in total. The first-order valence-corrected chi connectivity index (χ1v) is 6.06. The molecule has 0 radical (unpaired) electrons. The minimum absolute atomic E-state index is 0.201. The second kappa shape index (κ2) is 6.29. The minimum Gasteiger partial charge on any atom is -0.493 e. The van der Waals surface area contributed by atoms with Crippen LogP contribution in [0, 0.1) is 0 Å². The van der Waals surface area contributed by atoms with E-state index >= 15 is 0 Å². The summed E-state index contributed by atoms with van der Waals surface area (Å²) >= 11 is 0. The third-order valence-corrected chi connectivity index (χ3v) is 2.76. The zero-order chi connectivity index (χ0) is 13.7. The van der Waals surface area contributed by atoms with E-state index in [0.29, 0.717) is 30.2 Å². The molecular formula is C13H17NO5. The maximum absolute atomic E-state index is 11.0. The number of hydrogen-bond donors (Lipinski definition) is 1. The molecule has 1 aromatic carbocycles. The van der Waals surface area contributed by atoms with E-state index in [9.17, 15) is 4.79 Å². The maximum Gasteiger partial charge on any atom is 0.308 e. The Hall–Kier alpha value is -1.95. The molecule has 0 fully saturated rings. The standard InChI is InChI=1S/C13H17NO5/c1-16-13(15)3-5-17-10-7-12-11(18-8-19-12)6-9(10)2-4-14/h6-7H,2-5,8,14H2,1H3. The lowest BCUT2D eigenvalue weighted by Gasteiger charge is -2.11. The highest BCUT2D eigenvalue weighted by Gasteiger charge is 2.18. The molecule has 1 aromatic rings. The quantitative estimate of drug-likeness (QED) is 0.770. The summed E-state index contributed by atoms with van der Waals surface area (Å²) < 4.78 is 20.8. The van der Waals surface area contributed by atoms with Gasteiger partial charge in [-0.3, -0.25) is 4.79 Å². The highest BCUT2D eigenvalue weighted by Crippen LogP contribution is 2.38. The Labute approximate surface area is 111 Å². The van der Waals surface area contributed by atoms with Crippen molar-refractivity contribution in [1.29, 1.82) is 0 Å². The van der Waals surface area contributed by atoms with Crippen LogP contribution in [0.3, 0.4) is 0 Å². The summed E-state index contributed by atoms with van der Waals surface area (Å²) in [6.45, 7) is 0.972. The third-order valence-electron chi connectivity index (χ3n) is 2.76. The maximum atomic E-state index is 11.0. The number of ether oxygens (including phenoxy) is 4. The summed E-state index contributed by atoms with van der Waals surface area (Å²) in [6.07, 6.45) is 0.872. The third kappa shape index (κ3) is 3.29. The fraction of sp³-hybridized carbons (Fsp3) is 0.462. The number of carbonyl (C=O) groups excluding carboxylic acids is 1. The Balaban J connectivity index is 2.07. The van der Waals surface area contributed by atoms with E-state index in [2.05, 4.69) is 4.74 Å². The molecule has 6 heteroatoms. The van der Waals surface area contributed by atoms with Crippen LogP contribution in [0.5, 0.6) is 17.2 Å². The topological polar surface area (TPSA) is 80.0 Å². The van der Waals surface area contributed by atoms with Gasteiger partial charge >= 0.3 is 5.97 Å². The molecule has 0 aliphatic carbocycles. The average molecular weight is 267 g/mol. The van der Waals surface area contributed by atoms with Crippen LogP contribution in [0.25, 0.3) is 0 Å². The number of carbonyl (C=O) groups is 1. The number of benzene rings is 1. The van der Waals surface area contributed by atoms with Crippen LogP contribution in [0.1, 0.15) is 12.0 Å². The number of hydrogen-bond acceptors (Lipinski definition) is 6. The molecule has 1 heterocycles. The molecule has 2 rings (SSSR count). The largest absolute Gasteiger partial charge is 0.493 e. The predicted octanol–water partition coefficient (Wildman–Crippen LogP) is 0.858. The highest BCUT2D eigenvalue weighted by molar-refractivity contribution is 5.69. The molecule has 0 amide bonds. The summed E-state index contributed by atoms with van der Waals surface area (Å²) in [5.41, 5.74) is 6.51. The fourth-order valence-electron chi connectivity index (χ4n) is 1.80. The summed E-state index contributed by atoms with van der Waals surface area (Å²) in [4.78, 5) is 11.0. The van der Waals surface area contributed by atoms with Gasteiger partial charge in [-0.1, -0.05) is 0 Å². The Kier molecular flexibility index (Phi) is 4.46. The molecule has 1 aliphatic rings. The van der Waals surface area contributed by atoms with E-state index in [1.165, 1.54) is 7.11 Å². The molecule has 0 atom stereocenters. The molecule has 0 unspecified atom stereocenters. The van der Waals surface area contributed by atoms with Gasteiger partial charge < -0.3 is 24.7 Å². The number of methoxy groups -OCH3 is 1. The zero-order valence-corrected chi connectivity index (χ0v) is 10.8. The lowest BCUT2D eigenvalue weighted by atomic mass is 10.1. The molecule has 0 aromatic heterocycles. The second-order valence-electron chi connectivity index (χ2n) is 4.03. The molecule has 0 spiro atoms. The first-order chi connectivity index (χ1) is 9.24. The van der Waals surface area contributed by atoms with Crippen molar-refractivity contribution in [3.05, 3.63) is 17.7 Å². The van der Waals surface area contributed by atoms with E-state index in [1.54, 1.807) is 6.07 Å². The van der Waals surface area contributed by atoms with Crippen molar-refractivity contribution in [2.75, 3.05) is 27.1 Å². The number of fused-ring (bicyclic) bond motifs is 1. The Morgan fingerprint density at radius 1 is 1.37 bits per heavy atom. The molecule has 19 heavy (non-hydrogen) atoms. The van der Waals surface area contributed by atoms with Gasteiger partial charge in [0.15, 0.2) is 11.5 Å². The van der Waals surface area contributed by atoms with E-state index in [4.69, 9.17) is 19.9 Å². The normalized spacial score (nSPS) is 12.3. The molecule has 104 valence electrons. The first-order valence-electron chi connectivity index (χ1n) is 6.06. The van der Waals surface area contributed by atoms with Crippen LogP contribution < -0.4 is 19.9 Å². The zero-order valence-electron chi connectivity index (χ0n) is 10.8. The van der Waals surface area contributed by atoms with Crippen LogP contribution in [0.4, 0.5) is 0 Å². The summed E-state index contributed by atoms with van der Waals surface area (Å²) in [5.74, 6) is 1.71. The van der Waals surface area contributed by atoms with Crippen molar-refractivity contribution < 1.29 is 23.7 Å². The molecular weight excluding hydrogens is 250 g/mol.